The van der Waals surface area contributed by atoms with Crippen LogP contribution in [0.3, 0.4) is 0 Å². The molecule has 2 aromatic carbocycles. The second-order valence-corrected chi connectivity index (χ2v) is 6.27. The van der Waals surface area contributed by atoms with Crippen LogP contribution in [-0.2, 0) is 9.53 Å². The smallest absolute Gasteiger partial charge is 0.374 e. The molecule has 0 saturated carbocycles. The van der Waals surface area contributed by atoms with E-state index in [-0.39, 0.29) is 17.2 Å². The number of methoxy groups -OCH3 is 1. The minimum atomic E-state index is -0.894. The highest BCUT2D eigenvalue weighted by molar-refractivity contribution is 6.00. The molecule has 0 bridgehead atoms. The van der Waals surface area contributed by atoms with Gasteiger partial charge in [0.1, 0.15) is 5.82 Å². The number of rotatable bonds is 6. The van der Waals surface area contributed by atoms with Gasteiger partial charge in [0.15, 0.2) is 0 Å². The number of aryl methyl sites for hydroxylation is 1. The average Bonchev–Trinajstić information content (AvgIpc) is 2.74. The summed E-state index contributed by atoms with van der Waals surface area (Å²) >= 11 is 0. The molecular weight excluding hydrogens is 391 g/mol. The van der Waals surface area contributed by atoms with E-state index in [1.807, 2.05) is 0 Å². The number of carbonyl (C=O) groups excluding carboxylic acids is 1. The molecule has 0 fully saturated rings. The highest BCUT2D eigenvalue weighted by Gasteiger charge is 2.27. The number of nitro groups is 1. The van der Waals surface area contributed by atoms with Crippen molar-refractivity contribution in [1.82, 2.24) is 4.98 Å². The van der Waals surface area contributed by atoms with E-state index in [2.05, 4.69) is 4.98 Å². The first-order valence-electron chi connectivity index (χ1n) is 8.83. The quantitative estimate of drug-likeness (QED) is 0.197. The Labute approximate surface area is 171 Å². The number of halogens is 1. The predicted molar refractivity (Wildman–Crippen MR) is 107 cm³/mol. The van der Waals surface area contributed by atoms with E-state index in [4.69, 9.17) is 9.47 Å². The number of ether oxygens (including phenoxy) is 2. The zero-order valence-corrected chi connectivity index (χ0v) is 16.2. The second kappa shape index (κ2) is 8.95. The Morgan fingerprint density at radius 2 is 1.77 bits per heavy atom. The van der Waals surface area contributed by atoms with Crippen LogP contribution >= 0.6 is 0 Å². The molecule has 0 aliphatic carbocycles. The first-order chi connectivity index (χ1) is 14.4. The van der Waals surface area contributed by atoms with Crippen LogP contribution in [0.4, 0.5) is 10.1 Å². The first kappa shape index (κ1) is 20.7. The van der Waals surface area contributed by atoms with Gasteiger partial charge in [-0.15, -0.1) is 0 Å². The van der Waals surface area contributed by atoms with E-state index in [0.717, 1.165) is 7.11 Å². The van der Waals surface area contributed by atoms with Gasteiger partial charge in [-0.2, -0.15) is 0 Å². The third-order valence-corrected chi connectivity index (χ3v) is 4.14. The Morgan fingerprint density at radius 3 is 2.40 bits per heavy atom. The molecule has 3 rings (SSSR count). The van der Waals surface area contributed by atoms with Crippen molar-refractivity contribution in [1.29, 1.82) is 0 Å². The number of aromatic nitrogens is 1. The maximum absolute atomic E-state index is 13.9. The lowest BCUT2D eigenvalue weighted by Gasteiger charge is -2.15. The fraction of sp³-hybridized carbons (Fsp3) is 0.0909. The maximum Gasteiger partial charge on any atom is 0.374 e. The van der Waals surface area contributed by atoms with Crippen LogP contribution in [-0.4, -0.2) is 23.0 Å². The van der Waals surface area contributed by atoms with E-state index in [1.54, 1.807) is 43.3 Å². The minimum absolute atomic E-state index is 0.207. The summed E-state index contributed by atoms with van der Waals surface area (Å²) in [5.74, 6) is -2.15. The summed E-state index contributed by atoms with van der Waals surface area (Å²) in [6, 6.07) is 15.5. The van der Waals surface area contributed by atoms with Crippen molar-refractivity contribution in [2.45, 2.75) is 6.92 Å². The van der Waals surface area contributed by atoms with Gasteiger partial charge in [-0.3, -0.25) is 10.1 Å². The van der Waals surface area contributed by atoms with Crippen LogP contribution in [0.5, 0.6) is 5.88 Å². The van der Waals surface area contributed by atoms with E-state index >= 15 is 0 Å². The van der Waals surface area contributed by atoms with Crippen molar-refractivity contribution < 1.29 is 23.6 Å². The monoisotopic (exact) mass is 408 g/mol. The van der Waals surface area contributed by atoms with Gasteiger partial charge in [0, 0.05) is 17.8 Å². The fourth-order valence-electron chi connectivity index (χ4n) is 2.81. The number of pyridine rings is 1. The van der Waals surface area contributed by atoms with Crippen LogP contribution in [0.2, 0.25) is 0 Å². The lowest BCUT2D eigenvalue weighted by molar-refractivity contribution is -0.386. The minimum Gasteiger partial charge on any atom is -0.463 e. The fourth-order valence-corrected chi connectivity index (χ4v) is 2.81. The number of hydrogen-bond acceptors (Lipinski definition) is 6. The van der Waals surface area contributed by atoms with Crippen LogP contribution in [0.25, 0.3) is 5.57 Å². The number of nitrogens with zero attached hydrogens (tertiary/aromatic N) is 2. The summed E-state index contributed by atoms with van der Waals surface area (Å²) in [5.41, 5.74) is 1.20. The van der Waals surface area contributed by atoms with Crippen molar-refractivity contribution in [3.63, 3.8) is 0 Å². The molecule has 3 aromatic rings. The topological polar surface area (TPSA) is 91.6 Å². The van der Waals surface area contributed by atoms with Gasteiger partial charge >= 0.3 is 11.7 Å². The number of carbonyl (C=O) groups is 1. The molecule has 0 radical (unpaired) electrons. The van der Waals surface area contributed by atoms with Crippen LogP contribution in [0, 0.1) is 22.9 Å². The van der Waals surface area contributed by atoms with Gasteiger partial charge < -0.3 is 9.47 Å². The maximum atomic E-state index is 13.9. The largest absolute Gasteiger partial charge is 0.463 e. The van der Waals surface area contributed by atoms with E-state index in [9.17, 15) is 19.3 Å². The number of esters is 1. The van der Waals surface area contributed by atoms with Gasteiger partial charge in [0.25, 0.3) is 5.88 Å². The molecule has 30 heavy (non-hydrogen) atoms. The zero-order valence-electron chi connectivity index (χ0n) is 16.2. The lowest BCUT2D eigenvalue weighted by atomic mass is 9.96. The summed E-state index contributed by atoms with van der Waals surface area (Å²) in [6.45, 7) is 1.64. The Bertz CT molecular complexity index is 1130. The van der Waals surface area contributed by atoms with Crippen molar-refractivity contribution in [2.75, 3.05) is 7.11 Å². The van der Waals surface area contributed by atoms with Gasteiger partial charge in [-0.05, 0) is 35.7 Å². The average molecular weight is 408 g/mol. The summed E-state index contributed by atoms with van der Waals surface area (Å²) in [6.07, 6.45) is 1.38. The van der Waals surface area contributed by atoms with Crippen molar-refractivity contribution in [3.8, 4) is 5.88 Å². The standard InChI is InChI=1S/C22H17FN2O5/c1-14-11-18(25(27)28)21(24-13-14)30-20(22(26)29-2)19(15-7-4-3-5-8-15)16-9-6-10-17(23)12-16/h3-13H,1-2H3/b20-19+. The molecule has 0 spiro atoms. The molecular formula is C22H17FN2O5. The summed E-state index contributed by atoms with van der Waals surface area (Å²) in [4.78, 5) is 27.4. The molecule has 0 saturated heterocycles. The van der Waals surface area contributed by atoms with Gasteiger partial charge in [0.2, 0.25) is 5.76 Å². The van der Waals surface area contributed by atoms with E-state index in [0.29, 0.717) is 16.7 Å². The normalized spacial score (nSPS) is 11.4. The third-order valence-electron chi connectivity index (χ3n) is 4.14. The molecule has 0 atom stereocenters. The lowest BCUT2D eigenvalue weighted by Crippen LogP contribution is -2.15. The molecule has 8 heteroatoms. The third kappa shape index (κ3) is 4.49. The second-order valence-electron chi connectivity index (χ2n) is 6.27. The highest BCUT2D eigenvalue weighted by atomic mass is 19.1. The van der Waals surface area contributed by atoms with Crippen molar-refractivity contribution in [2.24, 2.45) is 0 Å². The number of hydrogen-bond donors (Lipinski definition) is 0. The first-order valence-corrected chi connectivity index (χ1v) is 8.83. The Kier molecular flexibility index (Phi) is 6.17. The SMILES string of the molecule is COC(=O)/C(Oc1ncc(C)cc1[N+](=O)[O-])=C(/c1ccccc1)c1cccc(F)c1. The Morgan fingerprint density at radius 1 is 1.07 bits per heavy atom. The van der Waals surface area contributed by atoms with Crippen molar-refractivity contribution in [3.05, 3.63) is 105 Å². The van der Waals surface area contributed by atoms with E-state index in [1.165, 1.54) is 30.5 Å². The molecule has 152 valence electrons. The molecule has 0 unspecified atom stereocenters. The Balaban J connectivity index is 2.29. The van der Waals surface area contributed by atoms with E-state index < -0.39 is 22.4 Å². The molecule has 1 aromatic heterocycles. The predicted octanol–water partition coefficient (Wildman–Crippen LogP) is 4.45. The molecule has 0 aliphatic rings. The molecule has 0 amide bonds. The molecule has 0 N–H and O–H groups in total. The number of benzene rings is 2. The van der Waals surface area contributed by atoms with Crippen LogP contribution in [0.1, 0.15) is 16.7 Å². The van der Waals surface area contributed by atoms with Crippen LogP contribution < -0.4 is 4.74 Å². The van der Waals surface area contributed by atoms with Crippen molar-refractivity contribution >= 4 is 17.2 Å². The van der Waals surface area contributed by atoms with Gasteiger partial charge in [-0.1, -0.05) is 42.5 Å². The molecule has 0 aliphatic heterocycles. The summed E-state index contributed by atoms with van der Waals surface area (Å²) in [7, 11) is 1.15. The zero-order chi connectivity index (χ0) is 21.7. The van der Waals surface area contributed by atoms with Gasteiger partial charge in [-0.25, -0.2) is 14.2 Å². The summed E-state index contributed by atoms with van der Waals surface area (Å²) < 4.78 is 24.5. The highest BCUT2D eigenvalue weighted by Crippen LogP contribution is 2.32. The molecule has 1 heterocycles. The van der Waals surface area contributed by atoms with Crippen LogP contribution in [0.15, 0.2) is 72.6 Å². The van der Waals surface area contributed by atoms with Gasteiger partial charge in [0.05, 0.1) is 12.0 Å². The molecule has 7 nitrogen and oxygen atoms in total. The summed E-state index contributed by atoms with van der Waals surface area (Å²) in [5, 5.41) is 11.5. The Hall–Kier alpha value is -4.07.